The van der Waals surface area contributed by atoms with Gasteiger partial charge in [-0.3, -0.25) is 9.89 Å². The van der Waals surface area contributed by atoms with Crippen LogP contribution in [0.2, 0.25) is 0 Å². The molecule has 2 rings (SSSR count). The van der Waals surface area contributed by atoms with Crippen molar-refractivity contribution in [3.63, 3.8) is 0 Å². The van der Waals surface area contributed by atoms with Crippen molar-refractivity contribution in [1.29, 1.82) is 0 Å². The van der Waals surface area contributed by atoms with Gasteiger partial charge in [0.2, 0.25) is 0 Å². The Bertz CT molecular complexity index is 462. The molecule has 0 saturated carbocycles. The predicted molar refractivity (Wildman–Crippen MR) is 110 cm³/mol. The average Bonchev–Trinajstić information content (AvgIpc) is 3.11. The third-order valence-corrected chi connectivity index (χ3v) is 4.05. The lowest BCUT2D eigenvalue weighted by atomic mass is 10.3. The second kappa shape index (κ2) is 13.3. The molecule has 1 saturated heterocycles. The molecule has 2 heterocycles. The highest BCUT2D eigenvalue weighted by atomic mass is 127. The van der Waals surface area contributed by atoms with E-state index >= 15 is 0 Å². The smallest absolute Gasteiger partial charge is 0.194 e. The van der Waals surface area contributed by atoms with E-state index in [9.17, 15) is 0 Å². The van der Waals surface area contributed by atoms with Crippen LogP contribution in [-0.4, -0.2) is 73.4 Å². The molecule has 0 aliphatic carbocycles. The quantitative estimate of drug-likeness (QED) is 0.261. The molecule has 1 aliphatic heterocycles. The maximum atomic E-state index is 5.37. The predicted octanol–water partition coefficient (Wildman–Crippen LogP) is 2.19. The van der Waals surface area contributed by atoms with Crippen LogP contribution in [0.15, 0.2) is 21.8 Å². The summed E-state index contributed by atoms with van der Waals surface area (Å²) in [6.07, 6.45) is 3.77. The van der Waals surface area contributed by atoms with Crippen LogP contribution in [-0.2, 0) is 11.3 Å². The standard InChI is InChI=1S/C17H31N5O2.HI/c1-3-18-17(19-8-5-6-13-23-4-2)22-11-9-21(10-12-22)15-16-7-14-24-20-16;/h7,14H,3-6,8-13,15H2,1-2H3,(H,18,19);1H. The van der Waals surface area contributed by atoms with E-state index in [0.29, 0.717) is 0 Å². The second-order valence-electron chi connectivity index (χ2n) is 5.89. The number of nitrogens with zero attached hydrogens (tertiary/aromatic N) is 4. The van der Waals surface area contributed by atoms with Crippen molar-refractivity contribution in [3.05, 3.63) is 18.0 Å². The minimum Gasteiger partial charge on any atom is -0.382 e. The topological polar surface area (TPSA) is 66.1 Å². The zero-order valence-electron chi connectivity index (χ0n) is 15.4. The molecule has 0 atom stereocenters. The van der Waals surface area contributed by atoms with Crippen molar-refractivity contribution in [2.24, 2.45) is 4.99 Å². The second-order valence-corrected chi connectivity index (χ2v) is 5.89. The highest BCUT2D eigenvalue weighted by molar-refractivity contribution is 14.0. The molecule has 1 fully saturated rings. The first-order chi connectivity index (χ1) is 11.8. The number of hydrogen-bond acceptors (Lipinski definition) is 5. The molecule has 1 aromatic rings. The summed E-state index contributed by atoms with van der Waals surface area (Å²) in [4.78, 5) is 9.52. The zero-order valence-corrected chi connectivity index (χ0v) is 17.8. The largest absolute Gasteiger partial charge is 0.382 e. The van der Waals surface area contributed by atoms with Crippen molar-refractivity contribution in [1.82, 2.24) is 20.3 Å². The van der Waals surface area contributed by atoms with Crippen LogP contribution < -0.4 is 5.32 Å². The van der Waals surface area contributed by atoms with Crippen LogP contribution in [0.1, 0.15) is 32.4 Å². The molecule has 144 valence electrons. The summed E-state index contributed by atoms with van der Waals surface area (Å²) in [5, 5.41) is 7.40. The van der Waals surface area contributed by atoms with Crippen molar-refractivity contribution in [2.75, 3.05) is 52.5 Å². The van der Waals surface area contributed by atoms with E-state index in [0.717, 1.165) is 83.5 Å². The van der Waals surface area contributed by atoms with E-state index in [-0.39, 0.29) is 24.0 Å². The Balaban J connectivity index is 0.00000312. The first-order valence-corrected chi connectivity index (χ1v) is 9.06. The van der Waals surface area contributed by atoms with Gasteiger partial charge >= 0.3 is 0 Å². The summed E-state index contributed by atoms with van der Waals surface area (Å²) >= 11 is 0. The number of halogens is 1. The maximum absolute atomic E-state index is 5.37. The molecule has 0 amide bonds. The van der Waals surface area contributed by atoms with E-state index in [1.807, 2.05) is 13.0 Å². The molecule has 8 heteroatoms. The van der Waals surface area contributed by atoms with Gasteiger partial charge in [-0.25, -0.2) is 0 Å². The Morgan fingerprint density at radius 1 is 1.28 bits per heavy atom. The van der Waals surface area contributed by atoms with Crippen LogP contribution in [0.25, 0.3) is 0 Å². The number of guanidine groups is 1. The van der Waals surface area contributed by atoms with Gasteiger partial charge in [0, 0.05) is 65.1 Å². The highest BCUT2D eigenvalue weighted by Crippen LogP contribution is 2.07. The van der Waals surface area contributed by atoms with Gasteiger partial charge < -0.3 is 19.5 Å². The van der Waals surface area contributed by atoms with Gasteiger partial charge in [0.15, 0.2) is 5.96 Å². The molecule has 1 aliphatic rings. The Morgan fingerprint density at radius 2 is 2.08 bits per heavy atom. The monoisotopic (exact) mass is 465 g/mol. The van der Waals surface area contributed by atoms with Gasteiger partial charge in [-0.2, -0.15) is 0 Å². The number of rotatable bonds is 9. The fourth-order valence-corrected chi connectivity index (χ4v) is 2.74. The third-order valence-electron chi connectivity index (χ3n) is 4.05. The molecule has 25 heavy (non-hydrogen) atoms. The van der Waals surface area contributed by atoms with Crippen molar-refractivity contribution < 1.29 is 9.26 Å². The van der Waals surface area contributed by atoms with Crippen LogP contribution in [0.4, 0.5) is 0 Å². The molecule has 0 unspecified atom stereocenters. The minimum absolute atomic E-state index is 0. The molecular weight excluding hydrogens is 433 g/mol. The average molecular weight is 465 g/mol. The lowest BCUT2D eigenvalue weighted by Crippen LogP contribution is -2.52. The number of piperazine rings is 1. The summed E-state index contributed by atoms with van der Waals surface area (Å²) in [6.45, 7) is 12.4. The van der Waals surface area contributed by atoms with Gasteiger partial charge in [-0.1, -0.05) is 5.16 Å². The molecule has 0 bridgehead atoms. The normalized spacial score (nSPS) is 15.9. The van der Waals surface area contributed by atoms with Crippen molar-refractivity contribution in [2.45, 2.75) is 33.2 Å². The van der Waals surface area contributed by atoms with Crippen LogP contribution in [0, 0.1) is 0 Å². The third kappa shape index (κ3) is 8.37. The molecule has 0 aromatic carbocycles. The summed E-state index contributed by atoms with van der Waals surface area (Å²) in [6, 6.07) is 1.93. The minimum atomic E-state index is 0. The van der Waals surface area contributed by atoms with Gasteiger partial charge in [0.25, 0.3) is 0 Å². The first-order valence-electron chi connectivity index (χ1n) is 9.06. The zero-order chi connectivity index (χ0) is 17.0. The van der Waals surface area contributed by atoms with E-state index in [1.54, 1.807) is 6.26 Å². The van der Waals surface area contributed by atoms with E-state index in [4.69, 9.17) is 14.3 Å². The summed E-state index contributed by atoms with van der Waals surface area (Å²) < 4.78 is 10.3. The molecule has 7 nitrogen and oxygen atoms in total. The Kier molecular flexibility index (Phi) is 11.8. The summed E-state index contributed by atoms with van der Waals surface area (Å²) in [5.74, 6) is 1.04. The van der Waals surface area contributed by atoms with E-state index in [2.05, 4.69) is 27.2 Å². The number of aliphatic imine (C=N–C) groups is 1. The first kappa shape index (κ1) is 22.2. The number of unbranched alkanes of at least 4 members (excludes halogenated alkanes) is 1. The number of nitrogens with one attached hydrogen (secondary N) is 1. The van der Waals surface area contributed by atoms with Gasteiger partial charge in [0.05, 0.1) is 5.69 Å². The Labute approximate surface area is 168 Å². The lowest BCUT2D eigenvalue weighted by molar-refractivity contribution is 0.144. The Morgan fingerprint density at radius 3 is 2.72 bits per heavy atom. The van der Waals surface area contributed by atoms with Gasteiger partial charge in [0.1, 0.15) is 6.26 Å². The van der Waals surface area contributed by atoms with Crippen LogP contribution in [0.3, 0.4) is 0 Å². The fraction of sp³-hybridized carbons (Fsp3) is 0.765. The van der Waals surface area contributed by atoms with Gasteiger partial charge in [-0.05, 0) is 26.7 Å². The van der Waals surface area contributed by atoms with Crippen molar-refractivity contribution >= 4 is 29.9 Å². The Hall–Kier alpha value is -0.870. The SMILES string of the molecule is CCNC(=NCCCCOCC)N1CCN(Cc2ccon2)CC1.I. The van der Waals surface area contributed by atoms with E-state index < -0.39 is 0 Å². The number of hydrogen-bond donors (Lipinski definition) is 1. The molecule has 1 aromatic heterocycles. The van der Waals surface area contributed by atoms with Crippen molar-refractivity contribution in [3.8, 4) is 0 Å². The summed E-state index contributed by atoms with van der Waals surface area (Å²) in [5.41, 5.74) is 0.998. The molecular formula is C17H32IN5O2. The fourth-order valence-electron chi connectivity index (χ4n) is 2.74. The van der Waals surface area contributed by atoms with Crippen LogP contribution >= 0.6 is 24.0 Å². The summed E-state index contributed by atoms with van der Waals surface area (Å²) in [7, 11) is 0. The van der Waals surface area contributed by atoms with Crippen LogP contribution in [0.5, 0.6) is 0 Å². The number of aromatic nitrogens is 1. The van der Waals surface area contributed by atoms with Gasteiger partial charge in [-0.15, -0.1) is 24.0 Å². The lowest BCUT2D eigenvalue weighted by Gasteiger charge is -2.36. The van der Waals surface area contributed by atoms with E-state index in [1.165, 1.54) is 0 Å². The molecule has 1 N–H and O–H groups in total. The highest BCUT2D eigenvalue weighted by Gasteiger charge is 2.20. The number of ether oxygens (including phenoxy) is 1. The molecule has 0 radical (unpaired) electrons. The molecule has 0 spiro atoms. The maximum Gasteiger partial charge on any atom is 0.194 e.